The normalized spacial score (nSPS) is 18.9. The number of aryl methyl sites for hydroxylation is 2. The Kier molecular flexibility index (Phi) is 6.83. The van der Waals surface area contributed by atoms with Crippen LogP contribution >= 0.6 is 0 Å². The molecule has 0 unspecified atom stereocenters. The Bertz CT molecular complexity index is 1140. The summed E-state index contributed by atoms with van der Waals surface area (Å²) < 4.78 is 18.5. The number of likely N-dealkylation sites (tertiary alicyclic amines) is 1. The van der Waals surface area contributed by atoms with Crippen molar-refractivity contribution < 1.29 is 18.8 Å². The number of benzene rings is 1. The van der Waals surface area contributed by atoms with Crippen LogP contribution in [0.1, 0.15) is 52.9 Å². The first-order valence-corrected chi connectivity index (χ1v) is 12.1. The molecule has 5 rings (SSSR count). The molecule has 0 radical (unpaired) electrons. The highest BCUT2D eigenvalue weighted by molar-refractivity contribution is 5.79. The van der Waals surface area contributed by atoms with Crippen molar-refractivity contribution in [2.24, 2.45) is 0 Å². The van der Waals surface area contributed by atoms with Gasteiger partial charge in [-0.05, 0) is 44.4 Å². The number of methoxy groups -OCH3 is 1. The van der Waals surface area contributed by atoms with Gasteiger partial charge in [0.15, 0.2) is 0 Å². The van der Waals surface area contributed by atoms with Crippen molar-refractivity contribution in [3.05, 3.63) is 58.2 Å². The monoisotopic (exact) mass is 480 g/mol. The van der Waals surface area contributed by atoms with Gasteiger partial charge < -0.3 is 19.3 Å². The van der Waals surface area contributed by atoms with E-state index in [4.69, 9.17) is 14.0 Å². The van der Waals surface area contributed by atoms with E-state index in [1.54, 1.807) is 7.11 Å². The van der Waals surface area contributed by atoms with Crippen LogP contribution in [0.25, 0.3) is 0 Å². The van der Waals surface area contributed by atoms with Gasteiger partial charge in [-0.3, -0.25) is 9.69 Å². The standard InChI is InChI=1S/C25H32N6O4/c1-16-21(17(2)35-28-16)12-25(32)26-19-8-10-30(11-9-19)13-22-23-15-34-24(14-31(23)29-27-22)18-4-6-20(33-3)7-5-18/h4-7,19,24H,8-15H2,1-3H3,(H,26,32)/t24-/m1/s1. The van der Waals surface area contributed by atoms with E-state index in [-0.39, 0.29) is 18.1 Å². The summed E-state index contributed by atoms with van der Waals surface area (Å²) in [7, 11) is 1.66. The van der Waals surface area contributed by atoms with E-state index in [1.165, 1.54) is 0 Å². The number of nitrogens with one attached hydrogen (secondary N) is 1. The first kappa shape index (κ1) is 23.5. The number of fused-ring (bicyclic) bond motifs is 1. The molecule has 4 heterocycles. The Hall–Kier alpha value is -3.24. The third-order valence-corrected chi connectivity index (χ3v) is 7.01. The van der Waals surface area contributed by atoms with Crippen molar-refractivity contribution >= 4 is 5.91 Å². The molecule has 1 fully saturated rings. The van der Waals surface area contributed by atoms with E-state index in [9.17, 15) is 4.79 Å². The summed E-state index contributed by atoms with van der Waals surface area (Å²) in [5, 5.41) is 16.0. The number of rotatable bonds is 7. The number of carbonyl (C=O) groups is 1. The van der Waals surface area contributed by atoms with Gasteiger partial charge in [0.05, 0.1) is 38.1 Å². The number of aromatic nitrogens is 4. The summed E-state index contributed by atoms with van der Waals surface area (Å²) >= 11 is 0. The molecule has 186 valence electrons. The van der Waals surface area contributed by atoms with E-state index in [2.05, 4.69) is 25.7 Å². The average Bonchev–Trinajstić information content (AvgIpc) is 3.42. The van der Waals surface area contributed by atoms with E-state index >= 15 is 0 Å². The number of amides is 1. The van der Waals surface area contributed by atoms with Gasteiger partial charge in [-0.1, -0.05) is 22.5 Å². The molecular weight excluding hydrogens is 448 g/mol. The lowest BCUT2D eigenvalue weighted by Crippen LogP contribution is -2.45. The Morgan fingerprint density at radius 2 is 1.97 bits per heavy atom. The molecule has 10 nitrogen and oxygen atoms in total. The second-order valence-electron chi connectivity index (χ2n) is 9.34. The molecule has 1 aromatic carbocycles. The molecule has 1 atom stereocenters. The van der Waals surface area contributed by atoms with Crippen LogP contribution in [0.3, 0.4) is 0 Å². The molecular formula is C25H32N6O4. The van der Waals surface area contributed by atoms with Gasteiger partial charge in [-0.25, -0.2) is 4.68 Å². The third kappa shape index (κ3) is 5.23. The first-order chi connectivity index (χ1) is 17.0. The Morgan fingerprint density at radius 1 is 1.20 bits per heavy atom. The highest BCUT2D eigenvalue weighted by Gasteiger charge is 2.27. The lowest BCUT2D eigenvalue weighted by Gasteiger charge is -2.32. The minimum atomic E-state index is -0.0484. The van der Waals surface area contributed by atoms with Gasteiger partial charge in [0, 0.05) is 31.2 Å². The lowest BCUT2D eigenvalue weighted by atomic mass is 10.0. The van der Waals surface area contributed by atoms with E-state index < -0.39 is 0 Å². The molecule has 1 N–H and O–H groups in total. The van der Waals surface area contributed by atoms with Crippen molar-refractivity contribution in [3.63, 3.8) is 0 Å². The van der Waals surface area contributed by atoms with Gasteiger partial charge in [-0.15, -0.1) is 5.10 Å². The zero-order chi connectivity index (χ0) is 24.4. The van der Waals surface area contributed by atoms with Crippen molar-refractivity contribution in [3.8, 4) is 5.75 Å². The fourth-order valence-electron chi connectivity index (χ4n) is 4.85. The van der Waals surface area contributed by atoms with Crippen molar-refractivity contribution in [2.45, 2.75) is 65.0 Å². The predicted molar refractivity (Wildman–Crippen MR) is 127 cm³/mol. The molecule has 0 saturated carbocycles. The maximum absolute atomic E-state index is 12.5. The van der Waals surface area contributed by atoms with Crippen LogP contribution in [0.15, 0.2) is 28.8 Å². The van der Waals surface area contributed by atoms with Gasteiger partial charge in [0.1, 0.15) is 23.3 Å². The number of carbonyl (C=O) groups excluding carboxylic acids is 1. The maximum Gasteiger partial charge on any atom is 0.224 e. The lowest BCUT2D eigenvalue weighted by molar-refractivity contribution is -0.121. The smallest absolute Gasteiger partial charge is 0.224 e. The molecule has 2 aromatic heterocycles. The second kappa shape index (κ2) is 10.2. The number of ether oxygens (including phenoxy) is 2. The number of piperidine rings is 1. The summed E-state index contributed by atoms with van der Waals surface area (Å²) in [5.41, 5.74) is 4.79. The second-order valence-corrected chi connectivity index (χ2v) is 9.34. The van der Waals surface area contributed by atoms with E-state index in [0.717, 1.165) is 66.4 Å². The van der Waals surface area contributed by atoms with Crippen molar-refractivity contribution in [2.75, 3.05) is 20.2 Å². The fourth-order valence-corrected chi connectivity index (χ4v) is 4.85. The minimum Gasteiger partial charge on any atom is -0.497 e. The largest absolute Gasteiger partial charge is 0.497 e. The number of hydrogen-bond acceptors (Lipinski definition) is 8. The molecule has 35 heavy (non-hydrogen) atoms. The molecule has 3 aromatic rings. The molecule has 0 spiro atoms. The zero-order valence-electron chi connectivity index (χ0n) is 20.5. The van der Waals surface area contributed by atoms with Crippen LogP contribution in [0, 0.1) is 13.8 Å². The molecule has 2 aliphatic rings. The summed E-state index contributed by atoms with van der Waals surface area (Å²) in [4.78, 5) is 14.9. The quantitative estimate of drug-likeness (QED) is 0.550. The van der Waals surface area contributed by atoms with Crippen LogP contribution in [0.4, 0.5) is 0 Å². The third-order valence-electron chi connectivity index (χ3n) is 7.01. The number of hydrogen-bond donors (Lipinski definition) is 1. The van der Waals surface area contributed by atoms with Crippen LogP contribution in [0.2, 0.25) is 0 Å². The van der Waals surface area contributed by atoms with Gasteiger partial charge in [-0.2, -0.15) is 0 Å². The zero-order valence-corrected chi connectivity index (χ0v) is 20.5. The highest BCUT2D eigenvalue weighted by atomic mass is 16.5. The highest BCUT2D eigenvalue weighted by Crippen LogP contribution is 2.28. The van der Waals surface area contributed by atoms with Crippen molar-refractivity contribution in [1.29, 1.82) is 0 Å². The van der Waals surface area contributed by atoms with Crippen LogP contribution < -0.4 is 10.1 Å². The summed E-state index contributed by atoms with van der Waals surface area (Å²) in [5.74, 6) is 1.56. The van der Waals surface area contributed by atoms with Crippen LogP contribution in [-0.2, 0) is 35.6 Å². The Balaban J connectivity index is 1.11. The Labute approximate surface area is 204 Å². The fraction of sp³-hybridized carbons (Fsp3) is 0.520. The van der Waals surface area contributed by atoms with Gasteiger partial charge in [0.25, 0.3) is 0 Å². The predicted octanol–water partition coefficient (Wildman–Crippen LogP) is 2.49. The maximum atomic E-state index is 12.5. The molecule has 10 heteroatoms. The van der Waals surface area contributed by atoms with Gasteiger partial charge >= 0.3 is 0 Å². The number of nitrogens with zero attached hydrogens (tertiary/aromatic N) is 5. The molecule has 1 saturated heterocycles. The van der Waals surface area contributed by atoms with Crippen LogP contribution in [0.5, 0.6) is 5.75 Å². The van der Waals surface area contributed by atoms with E-state index in [1.807, 2.05) is 42.8 Å². The molecule has 0 bridgehead atoms. The molecule has 2 aliphatic heterocycles. The van der Waals surface area contributed by atoms with Crippen molar-refractivity contribution in [1.82, 2.24) is 30.4 Å². The SMILES string of the molecule is COc1ccc([C@H]2Cn3nnc(CN4CCC(NC(=O)Cc5c(C)noc5C)CC4)c3CO2)cc1. The van der Waals surface area contributed by atoms with Gasteiger partial charge in [0.2, 0.25) is 5.91 Å². The minimum absolute atomic E-state index is 0.0220. The summed E-state index contributed by atoms with van der Waals surface area (Å²) in [6.45, 7) is 7.39. The Morgan fingerprint density at radius 3 is 2.66 bits per heavy atom. The first-order valence-electron chi connectivity index (χ1n) is 12.1. The summed E-state index contributed by atoms with van der Waals surface area (Å²) in [6, 6.07) is 8.14. The molecule has 0 aliphatic carbocycles. The van der Waals surface area contributed by atoms with Crippen LogP contribution in [-0.4, -0.2) is 57.2 Å². The topological polar surface area (TPSA) is 108 Å². The van der Waals surface area contributed by atoms with E-state index in [0.29, 0.717) is 25.3 Å². The molecule has 1 amide bonds. The average molecular weight is 481 g/mol. The summed E-state index contributed by atoms with van der Waals surface area (Å²) in [6.07, 6.45) is 2.08.